The Morgan fingerprint density at radius 3 is 2.58 bits per heavy atom. The Bertz CT molecular complexity index is 463. The fourth-order valence-corrected chi connectivity index (χ4v) is 2.13. The van der Waals surface area contributed by atoms with Crippen LogP contribution in [0, 0.1) is 0 Å². The van der Waals surface area contributed by atoms with Crippen LogP contribution in [0.4, 0.5) is 0 Å². The number of carbonyl (C=O) groups is 2. The summed E-state index contributed by atoms with van der Waals surface area (Å²) in [6.45, 7) is 6.10. The number of hydrogen-bond donors (Lipinski definition) is 1. The highest BCUT2D eigenvalue weighted by atomic mass is 16.5. The standard InChI is InChI=1S/C12H17N3O4/c1-2-3-14-4-6-15(7-5-14)11(16)9-8-10(12(17)18)19-13-9/h8H,2-7H2,1H3,(H,17,18). The molecule has 0 bridgehead atoms. The molecule has 1 aromatic heterocycles. The van der Waals surface area contributed by atoms with Crippen molar-refractivity contribution in [2.24, 2.45) is 0 Å². The number of aromatic nitrogens is 1. The number of carboxylic acids is 1. The molecule has 2 rings (SSSR count). The number of amides is 1. The summed E-state index contributed by atoms with van der Waals surface area (Å²) >= 11 is 0. The molecule has 19 heavy (non-hydrogen) atoms. The third kappa shape index (κ3) is 3.11. The highest BCUT2D eigenvalue weighted by Gasteiger charge is 2.25. The van der Waals surface area contributed by atoms with Crippen LogP contribution in [0.3, 0.4) is 0 Å². The van der Waals surface area contributed by atoms with E-state index in [0.717, 1.165) is 26.1 Å². The van der Waals surface area contributed by atoms with Gasteiger partial charge in [-0.15, -0.1) is 0 Å². The SMILES string of the molecule is CCCN1CCN(C(=O)c2cc(C(=O)O)on2)CC1. The molecule has 1 aliphatic rings. The molecule has 0 aliphatic carbocycles. The van der Waals surface area contributed by atoms with Crippen molar-refractivity contribution in [2.75, 3.05) is 32.7 Å². The van der Waals surface area contributed by atoms with E-state index in [1.807, 2.05) is 0 Å². The maximum atomic E-state index is 12.1. The molecule has 0 spiro atoms. The molecule has 0 radical (unpaired) electrons. The van der Waals surface area contributed by atoms with Crippen LogP contribution in [-0.4, -0.2) is 64.7 Å². The molecule has 0 atom stereocenters. The first-order valence-electron chi connectivity index (χ1n) is 6.33. The molecule has 1 saturated heterocycles. The molecular formula is C12H17N3O4. The van der Waals surface area contributed by atoms with E-state index in [0.29, 0.717) is 13.1 Å². The van der Waals surface area contributed by atoms with Gasteiger partial charge in [-0.05, 0) is 13.0 Å². The minimum atomic E-state index is -1.22. The molecule has 0 unspecified atom stereocenters. The monoisotopic (exact) mass is 267 g/mol. The molecule has 7 heteroatoms. The summed E-state index contributed by atoms with van der Waals surface area (Å²) in [6, 6.07) is 1.17. The van der Waals surface area contributed by atoms with E-state index in [1.165, 1.54) is 6.07 Å². The second-order valence-corrected chi connectivity index (χ2v) is 4.52. The summed E-state index contributed by atoms with van der Waals surface area (Å²) in [7, 11) is 0. The zero-order valence-corrected chi connectivity index (χ0v) is 10.8. The predicted molar refractivity (Wildman–Crippen MR) is 66.1 cm³/mol. The largest absolute Gasteiger partial charge is 0.475 e. The highest BCUT2D eigenvalue weighted by molar-refractivity contribution is 5.94. The van der Waals surface area contributed by atoms with Gasteiger partial charge in [0.25, 0.3) is 5.91 Å². The van der Waals surface area contributed by atoms with Gasteiger partial charge in [0.05, 0.1) is 0 Å². The minimum absolute atomic E-state index is 0.0568. The molecular weight excluding hydrogens is 250 g/mol. The number of carboxylic acid groups (broad SMARTS) is 1. The summed E-state index contributed by atoms with van der Waals surface area (Å²) in [4.78, 5) is 26.7. The van der Waals surface area contributed by atoms with Crippen molar-refractivity contribution in [3.05, 3.63) is 17.5 Å². The van der Waals surface area contributed by atoms with Crippen LogP contribution < -0.4 is 0 Å². The first kappa shape index (κ1) is 13.5. The molecule has 1 aromatic rings. The zero-order chi connectivity index (χ0) is 13.8. The average molecular weight is 267 g/mol. The number of carbonyl (C=O) groups excluding carboxylic acids is 1. The van der Waals surface area contributed by atoms with Gasteiger partial charge in [-0.25, -0.2) is 4.79 Å². The lowest BCUT2D eigenvalue weighted by Crippen LogP contribution is -2.48. The third-order valence-electron chi connectivity index (χ3n) is 3.14. The second-order valence-electron chi connectivity index (χ2n) is 4.52. The van der Waals surface area contributed by atoms with Crippen LogP contribution in [0.2, 0.25) is 0 Å². The van der Waals surface area contributed by atoms with Gasteiger partial charge < -0.3 is 14.5 Å². The van der Waals surface area contributed by atoms with Crippen molar-refractivity contribution in [3.8, 4) is 0 Å². The molecule has 0 saturated carbocycles. The predicted octanol–water partition coefficient (Wildman–Crippen LogP) is 0.541. The van der Waals surface area contributed by atoms with Gasteiger partial charge >= 0.3 is 5.97 Å². The van der Waals surface area contributed by atoms with Crippen LogP contribution >= 0.6 is 0 Å². The van der Waals surface area contributed by atoms with Crippen LogP contribution in [-0.2, 0) is 0 Å². The van der Waals surface area contributed by atoms with E-state index in [1.54, 1.807) is 4.90 Å². The van der Waals surface area contributed by atoms with Gasteiger partial charge in [-0.2, -0.15) is 0 Å². The van der Waals surface area contributed by atoms with E-state index in [-0.39, 0.29) is 17.4 Å². The average Bonchev–Trinajstić information content (AvgIpc) is 2.89. The summed E-state index contributed by atoms with van der Waals surface area (Å²) in [6.07, 6.45) is 1.10. The molecule has 1 amide bonds. The first-order chi connectivity index (χ1) is 9.11. The molecule has 2 heterocycles. The van der Waals surface area contributed by atoms with Gasteiger partial charge in [0.2, 0.25) is 5.76 Å². The maximum Gasteiger partial charge on any atom is 0.374 e. The van der Waals surface area contributed by atoms with Crippen LogP contribution in [0.1, 0.15) is 34.4 Å². The van der Waals surface area contributed by atoms with E-state index in [2.05, 4.69) is 21.5 Å². The number of rotatable bonds is 4. The Hall–Kier alpha value is -1.89. The van der Waals surface area contributed by atoms with Crippen molar-refractivity contribution in [2.45, 2.75) is 13.3 Å². The number of piperazine rings is 1. The lowest BCUT2D eigenvalue weighted by molar-refractivity contribution is 0.0618. The fourth-order valence-electron chi connectivity index (χ4n) is 2.13. The second kappa shape index (κ2) is 5.83. The van der Waals surface area contributed by atoms with Gasteiger partial charge in [0, 0.05) is 32.2 Å². The van der Waals surface area contributed by atoms with Crippen LogP contribution in [0.15, 0.2) is 10.6 Å². The summed E-state index contributed by atoms with van der Waals surface area (Å²) in [5.41, 5.74) is 0.0568. The van der Waals surface area contributed by atoms with Gasteiger partial charge in [0.1, 0.15) is 0 Å². The number of nitrogens with zero attached hydrogens (tertiary/aromatic N) is 3. The van der Waals surface area contributed by atoms with Gasteiger partial charge in [0.15, 0.2) is 5.69 Å². The quantitative estimate of drug-likeness (QED) is 0.856. The Labute approximate surface area is 110 Å². The molecule has 0 aromatic carbocycles. The lowest BCUT2D eigenvalue weighted by Gasteiger charge is -2.34. The van der Waals surface area contributed by atoms with Crippen molar-refractivity contribution < 1.29 is 19.2 Å². The van der Waals surface area contributed by atoms with Crippen molar-refractivity contribution in [3.63, 3.8) is 0 Å². The van der Waals surface area contributed by atoms with Crippen molar-refractivity contribution in [1.29, 1.82) is 0 Å². The Kier molecular flexibility index (Phi) is 4.16. The normalized spacial score (nSPS) is 16.6. The number of aromatic carboxylic acids is 1. The maximum absolute atomic E-state index is 12.1. The third-order valence-corrected chi connectivity index (χ3v) is 3.14. The van der Waals surface area contributed by atoms with Crippen LogP contribution in [0.5, 0.6) is 0 Å². The smallest absolute Gasteiger partial charge is 0.374 e. The molecule has 7 nitrogen and oxygen atoms in total. The minimum Gasteiger partial charge on any atom is -0.475 e. The molecule has 104 valence electrons. The topological polar surface area (TPSA) is 86.9 Å². The summed E-state index contributed by atoms with van der Waals surface area (Å²) < 4.78 is 4.59. The van der Waals surface area contributed by atoms with Gasteiger partial charge in [-0.3, -0.25) is 9.69 Å². The molecule has 1 aliphatic heterocycles. The van der Waals surface area contributed by atoms with Gasteiger partial charge in [-0.1, -0.05) is 12.1 Å². The lowest BCUT2D eigenvalue weighted by atomic mass is 10.2. The number of hydrogen-bond acceptors (Lipinski definition) is 5. The Morgan fingerprint density at radius 2 is 2.05 bits per heavy atom. The Morgan fingerprint density at radius 1 is 1.37 bits per heavy atom. The van der Waals surface area contributed by atoms with E-state index >= 15 is 0 Å². The van der Waals surface area contributed by atoms with E-state index < -0.39 is 5.97 Å². The van der Waals surface area contributed by atoms with E-state index in [9.17, 15) is 9.59 Å². The summed E-state index contributed by atoms with van der Waals surface area (Å²) in [5, 5.41) is 12.2. The van der Waals surface area contributed by atoms with E-state index in [4.69, 9.17) is 5.11 Å². The summed E-state index contributed by atoms with van der Waals surface area (Å²) in [5.74, 6) is -1.81. The first-order valence-corrected chi connectivity index (χ1v) is 6.33. The zero-order valence-electron chi connectivity index (χ0n) is 10.8. The van der Waals surface area contributed by atoms with Crippen molar-refractivity contribution >= 4 is 11.9 Å². The van der Waals surface area contributed by atoms with Crippen LogP contribution in [0.25, 0.3) is 0 Å². The van der Waals surface area contributed by atoms with Crippen molar-refractivity contribution in [1.82, 2.24) is 15.0 Å². The highest BCUT2D eigenvalue weighted by Crippen LogP contribution is 2.10. The Balaban J connectivity index is 1.95. The molecule has 1 N–H and O–H groups in total. The fraction of sp³-hybridized carbons (Fsp3) is 0.583. The molecule has 1 fully saturated rings.